The first-order chi connectivity index (χ1) is 8.66. The van der Waals surface area contributed by atoms with Gasteiger partial charge in [0.15, 0.2) is 0 Å². The molecule has 1 saturated carbocycles. The zero-order chi connectivity index (χ0) is 13.0. The number of nitrogens with one attached hydrogen (secondary N) is 1. The van der Waals surface area contributed by atoms with Crippen LogP contribution < -0.4 is 11.1 Å². The average Bonchev–Trinajstić information content (AvgIpc) is 2.97. The fourth-order valence-electron chi connectivity index (χ4n) is 2.55. The van der Waals surface area contributed by atoms with Gasteiger partial charge in [-0.15, -0.1) is 0 Å². The molecule has 18 heavy (non-hydrogen) atoms. The molecule has 0 aromatic carbocycles. The standard InChI is InChI=1S/C13H22N4O/c1-17-13(14)11(9-16-17)8-15-12(18)7-6-10-4-2-3-5-10/h9-10H,2-8,14H2,1H3,(H,15,18). The van der Waals surface area contributed by atoms with Gasteiger partial charge in [0, 0.05) is 25.6 Å². The number of carbonyl (C=O) groups excluding carboxylic acids is 1. The van der Waals surface area contributed by atoms with Crippen molar-refractivity contribution in [1.82, 2.24) is 15.1 Å². The maximum atomic E-state index is 11.7. The Bertz CT molecular complexity index is 407. The number of nitrogens with two attached hydrogens (primary N) is 1. The molecule has 0 bridgehead atoms. The van der Waals surface area contributed by atoms with Crippen LogP contribution in [0.3, 0.4) is 0 Å². The van der Waals surface area contributed by atoms with Gasteiger partial charge in [0.05, 0.1) is 6.20 Å². The van der Waals surface area contributed by atoms with Gasteiger partial charge >= 0.3 is 0 Å². The number of nitrogens with zero attached hydrogens (tertiary/aromatic N) is 2. The Balaban J connectivity index is 1.69. The van der Waals surface area contributed by atoms with Crippen molar-refractivity contribution < 1.29 is 4.79 Å². The first-order valence-electron chi connectivity index (χ1n) is 6.70. The summed E-state index contributed by atoms with van der Waals surface area (Å²) in [7, 11) is 1.79. The van der Waals surface area contributed by atoms with Crippen LogP contribution in [0.5, 0.6) is 0 Å². The molecule has 1 fully saturated rings. The molecule has 1 aromatic rings. The summed E-state index contributed by atoms with van der Waals surface area (Å²) < 4.78 is 1.61. The van der Waals surface area contributed by atoms with E-state index in [2.05, 4.69) is 10.4 Å². The maximum Gasteiger partial charge on any atom is 0.220 e. The number of nitrogen functional groups attached to an aromatic ring is 1. The van der Waals surface area contributed by atoms with Crippen molar-refractivity contribution in [2.45, 2.75) is 45.1 Å². The number of carbonyl (C=O) groups is 1. The van der Waals surface area contributed by atoms with Crippen molar-refractivity contribution in [2.75, 3.05) is 5.73 Å². The van der Waals surface area contributed by atoms with Crippen LogP contribution in [0.25, 0.3) is 0 Å². The largest absolute Gasteiger partial charge is 0.384 e. The van der Waals surface area contributed by atoms with E-state index in [1.54, 1.807) is 17.9 Å². The molecule has 2 rings (SSSR count). The zero-order valence-electron chi connectivity index (χ0n) is 11.0. The number of aryl methyl sites for hydroxylation is 1. The van der Waals surface area contributed by atoms with E-state index in [1.165, 1.54) is 25.7 Å². The molecule has 0 aliphatic heterocycles. The van der Waals surface area contributed by atoms with Crippen LogP contribution in [0.2, 0.25) is 0 Å². The smallest absolute Gasteiger partial charge is 0.220 e. The molecular formula is C13H22N4O. The highest BCUT2D eigenvalue weighted by Crippen LogP contribution is 2.28. The van der Waals surface area contributed by atoms with E-state index in [1.807, 2.05) is 0 Å². The third-order valence-electron chi connectivity index (χ3n) is 3.79. The summed E-state index contributed by atoms with van der Waals surface area (Å²) in [6.45, 7) is 0.475. The fourth-order valence-corrected chi connectivity index (χ4v) is 2.55. The second kappa shape index (κ2) is 5.89. The summed E-state index contributed by atoms with van der Waals surface area (Å²) in [6, 6.07) is 0. The van der Waals surface area contributed by atoms with Crippen LogP contribution in [-0.2, 0) is 18.4 Å². The van der Waals surface area contributed by atoms with Gasteiger partial charge in [-0.05, 0) is 12.3 Å². The van der Waals surface area contributed by atoms with Crippen molar-refractivity contribution >= 4 is 11.7 Å². The van der Waals surface area contributed by atoms with Gasteiger partial charge in [-0.2, -0.15) is 5.10 Å². The monoisotopic (exact) mass is 250 g/mol. The molecule has 0 radical (unpaired) electrons. The van der Waals surface area contributed by atoms with Crippen LogP contribution in [-0.4, -0.2) is 15.7 Å². The lowest BCUT2D eigenvalue weighted by atomic mass is 10.0. The summed E-state index contributed by atoms with van der Waals surface area (Å²) in [4.78, 5) is 11.7. The second-order valence-corrected chi connectivity index (χ2v) is 5.14. The molecule has 0 atom stereocenters. The molecule has 5 heteroatoms. The van der Waals surface area contributed by atoms with E-state index in [4.69, 9.17) is 5.73 Å². The maximum absolute atomic E-state index is 11.7. The molecule has 0 saturated heterocycles. The van der Waals surface area contributed by atoms with E-state index >= 15 is 0 Å². The lowest BCUT2D eigenvalue weighted by Gasteiger charge is -2.08. The summed E-state index contributed by atoms with van der Waals surface area (Å²) >= 11 is 0. The lowest BCUT2D eigenvalue weighted by Crippen LogP contribution is -2.23. The number of aromatic nitrogens is 2. The Hall–Kier alpha value is -1.52. The van der Waals surface area contributed by atoms with Crippen LogP contribution >= 0.6 is 0 Å². The van der Waals surface area contributed by atoms with Crippen LogP contribution in [0, 0.1) is 5.92 Å². The Morgan fingerprint density at radius 3 is 2.89 bits per heavy atom. The quantitative estimate of drug-likeness (QED) is 0.833. The first kappa shape index (κ1) is 12.9. The number of hydrogen-bond acceptors (Lipinski definition) is 3. The Morgan fingerprint density at radius 1 is 1.56 bits per heavy atom. The normalized spacial score (nSPS) is 16.1. The van der Waals surface area contributed by atoms with Crippen molar-refractivity contribution in [1.29, 1.82) is 0 Å². The predicted octanol–water partition coefficient (Wildman–Crippen LogP) is 1.59. The SMILES string of the molecule is Cn1ncc(CNC(=O)CCC2CCCC2)c1N. The van der Waals surface area contributed by atoms with Gasteiger partial charge < -0.3 is 11.1 Å². The fraction of sp³-hybridized carbons (Fsp3) is 0.692. The second-order valence-electron chi connectivity index (χ2n) is 5.14. The molecule has 100 valence electrons. The Morgan fingerprint density at radius 2 is 2.28 bits per heavy atom. The predicted molar refractivity (Wildman–Crippen MR) is 70.7 cm³/mol. The van der Waals surface area contributed by atoms with Crippen molar-refractivity contribution in [3.05, 3.63) is 11.8 Å². The summed E-state index contributed by atoms with van der Waals surface area (Å²) in [5.41, 5.74) is 6.69. The molecule has 0 unspecified atom stereocenters. The van der Waals surface area contributed by atoms with E-state index in [0.717, 1.165) is 17.9 Å². The van der Waals surface area contributed by atoms with Gasteiger partial charge in [-0.25, -0.2) is 0 Å². The molecule has 1 aliphatic carbocycles. The molecule has 1 amide bonds. The van der Waals surface area contributed by atoms with E-state index in [9.17, 15) is 4.79 Å². The molecular weight excluding hydrogens is 228 g/mol. The Labute approximate surface area is 108 Å². The highest BCUT2D eigenvalue weighted by Gasteiger charge is 2.16. The first-order valence-corrected chi connectivity index (χ1v) is 6.70. The number of amides is 1. The van der Waals surface area contributed by atoms with Gasteiger partial charge in [0.2, 0.25) is 5.91 Å². The lowest BCUT2D eigenvalue weighted by molar-refractivity contribution is -0.121. The minimum absolute atomic E-state index is 0.116. The van der Waals surface area contributed by atoms with Crippen LogP contribution in [0.1, 0.15) is 44.1 Å². The average molecular weight is 250 g/mol. The number of anilines is 1. The summed E-state index contributed by atoms with van der Waals surface area (Å²) in [5, 5.41) is 6.95. The van der Waals surface area contributed by atoms with Gasteiger partial charge in [-0.3, -0.25) is 9.48 Å². The van der Waals surface area contributed by atoms with E-state index in [0.29, 0.717) is 18.8 Å². The minimum atomic E-state index is 0.116. The molecule has 0 spiro atoms. The van der Waals surface area contributed by atoms with E-state index < -0.39 is 0 Å². The van der Waals surface area contributed by atoms with Crippen molar-refractivity contribution in [2.24, 2.45) is 13.0 Å². The highest BCUT2D eigenvalue weighted by atomic mass is 16.1. The topological polar surface area (TPSA) is 72.9 Å². The van der Waals surface area contributed by atoms with Crippen molar-refractivity contribution in [3.8, 4) is 0 Å². The molecule has 5 nitrogen and oxygen atoms in total. The van der Waals surface area contributed by atoms with Crippen LogP contribution in [0.4, 0.5) is 5.82 Å². The van der Waals surface area contributed by atoms with Gasteiger partial charge in [-0.1, -0.05) is 25.7 Å². The molecule has 1 aliphatic rings. The summed E-state index contributed by atoms with van der Waals surface area (Å²) in [5.74, 6) is 1.50. The molecule has 3 N–H and O–H groups in total. The van der Waals surface area contributed by atoms with Crippen molar-refractivity contribution in [3.63, 3.8) is 0 Å². The summed E-state index contributed by atoms with van der Waals surface area (Å²) in [6.07, 6.45) is 8.61. The zero-order valence-corrected chi connectivity index (χ0v) is 11.0. The van der Waals surface area contributed by atoms with E-state index in [-0.39, 0.29) is 5.91 Å². The molecule has 1 heterocycles. The molecule has 1 aromatic heterocycles. The number of hydrogen-bond donors (Lipinski definition) is 2. The number of rotatable bonds is 5. The third-order valence-corrected chi connectivity index (χ3v) is 3.79. The third kappa shape index (κ3) is 3.24. The minimum Gasteiger partial charge on any atom is -0.384 e. The Kier molecular flexibility index (Phi) is 4.23. The highest BCUT2D eigenvalue weighted by molar-refractivity contribution is 5.76. The van der Waals surface area contributed by atoms with Gasteiger partial charge in [0.1, 0.15) is 5.82 Å². The van der Waals surface area contributed by atoms with Crippen LogP contribution in [0.15, 0.2) is 6.20 Å². The van der Waals surface area contributed by atoms with Gasteiger partial charge in [0.25, 0.3) is 0 Å².